The van der Waals surface area contributed by atoms with Gasteiger partial charge in [0.2, 0.25) is 10.0 Å². The zero-order chi connectivity index (χ0) is 48.7. The van der Waals surface area contributed by atoms with Gasteiger partial charge in [0.25, 0.3) is 0 Å². The molecule has 2 aromatic rings. The van der Waals surface area contributed by atoms with E-state index in [9.17, 15) is 33.3 Å². The molecule has 0 spiro atoms. The number of cyclic esters (lactones) is 1. The van der Waals surface area contributed by atoms with Gasteiger partial charge in [0.1, 0.15) is 29.8 Å². The summed E-state index contributed by atoms with van der Waals surface area (Å²) in [5, 5.41) is 57.6. The summed E-state index contributed by atoms with van der Waals surface area (Å²) in [6.45, 7) is 16.2. The highest BCUT2D eigenvalue weighted by Crippen LogP contribution is 2.39. The van der Waals surface area contributed by atoms with Gasteiger partial charge >= 0.3 is 5.97 Å². The molecule has 5 rings (SSSR count). The molecule has 0 amide bonds. The van der Waals surface area contributed by atoms with Gasteiger partial charge in [-0.2, -0.15) is 0 Å². The second-order valence-electron chi connectivity index (χ2n) is 19.2. The number of oxime groups is 1. The summed E-state index contributed by atoms with van der Waals surface area (Å²) in [7, 11) is -0.353. The van der Waals surface area contributed by atoms with Crippen LogP contribution in [-0.2, 0) is 62.8 Å². The minimum Gasteiger partial charge on any atom is -0.459 e. The highest BCUT2D eigenvalue weighted by molar-refractivity contribution is 7.89. The molecule has 0 aliphatic carbocycles. The molecule has 4 heterocycles. The van der Waals surface area contributed by atoms with Crippen molar-refractivity contribution in [2.24, 2.45) is 34.0 Å². The number of nitrogens with two attached hydrogens (primary N) is 1. The number of hydrogen-bond acceptors (Lipinski definition) is 17. The van der Waals surface area contributed by atoms with Gasteiger partial charge in [0.15, 0.2) is 12.1 Å². The van der Waals surface area contributed by atoms with Gasteiger partial charge in [-0.1, -0.05) is 50.2 Å². The van der Waals surface area contributed by atoms with Crippen molar-refractivity contribution in [3.63, 3.8) is 0 Å². The van der Waals surface area contributed by atoms with Crippen molar-refractivity contribution < 1.29 is 57.1 Å². The fourth-order valence-corrected chi connectivity index (χ4v) is 10.2. The van der Waals surface area contributed by atoms with Crippen LogP contribution in [0.15, 0.2) is 40.5 Å². The normalized spacial score (nSPS) is 35.4. The molecule has 19 nitrogen and oxygen atoms in total. The Morgan fingerprint density at radius 3 is 2.33 bits per heavy atom. The van der Waals surface area contributed by atoms with E-state index in [4.69, 9.17) is 28.9 Å². The van der Waals surface area contributed by atoms with Gasteiger partial charge in [-0.25, -0.2) is 13.6 Å². The van der Waals surface area contributed by atoms with Crippen LogP contribution in [0.25, 0.3) is 0 Å². The van der Waals surface area contributed by atoms with Crippen LogP contribution in [0.3, 0.4) is 0 Å². The van der Waals surface area contributed by atoms with E-state index in [2.05, 4.69) is 20.8 Å². The number of carbonyl (C=O) groups excluding carboxylic acids is 2. The molecule has 6 N–H and O–H groups in total. The second-order valence-corrected chi connectivity index (χ2v) is 20.8. The summed E-state index contributed by atoms with van der Waals surface area (Å²) in [6, 6.07) is 5.98. The molecule has 3 saturated heterocycles. The summed E-state index contributed by atoms with van der Waals surface area (Å²) in [4.78, 5) is 36.4. The van der Waals surface area contributed by atoms with E-state index in [1.165, 1.54) is 33.1 Å². The molecule has 0 unspecified atom stereocenters. The molecule has 3 fully saturated rings. The van der Waals surface area contributed by atoms with Crippen molar-refractivity contribution >= 4 is 27.5 Å². The first-order chi connectivity index (χ1) is 31.0. The predicted molar refractivity (Wildman–Crippen MR) is 244 cm³/mol. The number of Topliss-reactive ketones (excluding diaryl/α,β-unsaturated/α-hetero) is 1. The molecule has 20 heteroatoms. The maximum absolute atomic E-state index is 14.4. The number of aliphatic hydroxyl groups is 3. The zero-order valence-corrected chi connectivity index (χ0v) is 41.1. The lowest BCUT2D eigenvalue weighted by Gasteiger charge is -2.47. The third-order valence-corrected chi connectivity index (χ3v) is 15.0. The maximum atomic E-state index is 14.4. The van der Waals surface area contributed by atoms with Crippen molar-refractivity contribution in [2.45, 2.75) is 172 Å². The standard InChI is InChI=1S/C46H75N7O12S/c1-11-37-46(8,58)41(56)29(4)38(50-65-34-16-20-48-21-17-34)27(2)25-45(7,61-10)42(30(5)39(54)31(6)43(57)63-37)64-44-40(55)36(24-28(3)62-44)52(9)22-19-33-26-53(51-49-33)23-18-32-12-14-35(15-13-32)66(47,59)60/h12-15,26-31,34,36-37,40-42,44,48,55-56,58H,11,16-25H2,1-10H3,(H2,47,59,60)/t27-,28-,29+,30+,31-,36+,37-,40-,41-,42-,44+,45-,46-/m1/s1. The maximum Gasteiger partial charge on any atom is 0.316 e. The number of aryl methyl sites for hydroxylation is 2. The van der Waals surface area contributed by atoms with E-state index in [1.807, 2.05) is 38.9 Å². The monoisotopic (exact) mass is 950 g/mol. The fraction of sp³-hybridized carbons (Fsp3) is 0.761. The van der Waals surface area contributed by atoms with Gasteiger partial charge in [-0.3, -0.25) is 14.3 Å². The summed E-state index contributed by atoms with van der Waals surface area (Å²) in [6.07, 6.45) is -1.27. The number of rotatable bonds is 14. The molecule has 3 aliphatic rings. The van der Waals surface area contributed by atoms with Crippen LogP contribution >= 0.6 is 0 Å². The quantitative estimate of drug-likeness (QED) is 0.103. The van der Waals surface area contributed by atoms with E-state index < -0.39 is 93.4 Å². The number of nitrogens with zero attached hydrogens (tertiary/aromatic N) is 5. The number of methoxy groups -OCH3 is 1. The summed E-state index contributed by atoms with van der Waals surface area (Å²) < 4.78 is 50.3. The number of esters is 1. The van der Waals surface area contributed by atoms with E-state index >= 15 is 0 Å². The third kappa shape index (κ3) is 13.0. The largest absolute Gasteiger partial charge is 0.459 e. The average molecular weight is 950 g/mol. The highest BCUT2D eigenvalue weighted by Gasteiger charge is 2.52. The zero-order valence-electron chi connectivity index (χ0n) is 40.3. The number of sulfonamides is 1. The van der Waals surface area contributed by atoms with E-state index in [0.29, 0.717) is 38.1 Å². The summed E-state index contributed by atoms with van der Waals surface area (Å²) in [5.41, 5.74) is -1.07. The molecule has 1 aromatic heterocycles. The Kier molecular flexibility index (Phi) is 18.5. The minimum absolute atomic E-state index is 0.0516. The highest BCUT2D eigenvalue weighted by atomic mass is 32.2. The second kappa shape index (κ2) is 22.8. The number of aliphatic hydroxyl groups excluding tert-OH is 2. The number of carbonyl (C=O) groups is 2. The van der Waals surface area contributed by atoms with Gasteiger partial charge in [0.05, 0.1) is 40.2 Å². The van der Waals surface area contributed by atoms with E-state index in [0.717, 1.165) is 37.2 Å². The van der Waals surface area contributed by atoms with Crippen LogP contribution in [0.5, 0.6) is 0 Å². The number of hydrogen-bond donors (Lipinski definition) is 5. The number of piperidine rings is 1. The van der Waals surface area contributed by atoms with Crippen LogP contribution in [-0.4, -0.2) is 155 Å². The molecule has 3 aliphatic heterocycles. The molecule has 0 bridgehead atoms. The Balaban J connectivity index is 1.37. The Morgan fingerprint density at radius 2 is 1.71 bits per heavy atom. The predicted octanol–water partition coefficient (Wildman–Crippen LogP) is 2.37. The fourth-order valence-electron chi connectivity index (χ4n) is 9.69. The molecule has 0 radical (unpaired) electrons. The Bertz CT molecular complexity index is 2050. The van der Waals surface area contributed by atoms with Crippen LogP contribution in [0.2, 0.25) is 0 Å². The first kappa shape index (κ1) is 53.5. The molecule has 66 heavy (non-hydrogen) atoms. The van der Waals surface area contributed by atoms with Crippen molar-refractivity contribution in [1.82, 2.24) is 25.2 Å². The van der Waals surface area contributed by atoms with Crippen LogP contribution < -0.4 is 10.5 Å². The van der Waals surface area contributed by atoms with Gasteiger partial charge in [0, 0.05) is 56.6 Å². The number of likely N-dealkylation sites (N-methyl/N-ethyl adjacent to an activating group) is 1. The van der Waals surface area contributed by atoms with Gasteiger partial charge in [-0.15, -0.1) is 5.10 Å². The van der Waals surface area contributed by atoms with Crippen LogP contribution in [0.1, 0.15) is 98.8 Å². The third-order valence-electron chi connectivity index (χ3n) is 14.0. The molecular weight excluding hydrogens is 875 g/mol. The number of benzene rings is 1. The first-order valence-corrected chi connectivity index (χ1v) is 24.9. The Hall–Kier alpha value is -3.44. The van der Waals surface area contributed by atoms with E-state index in [-0.39, 0.29) is 29.9 Å². The Labute approximate surface area is 390 Å². The van der Waals surface area contributed by atoms with Crippen molar-refractivity contribution in [3.05, 3.63) is 41.7 Å². The molecule has 372 valence electrons. The lowest BCUT2D eigenvalue weighted by Crippen LogP contribution is -2.60. The molecule has 1 aromatic carbocycles. The van der Waals surface area contributed by atoms with E-state index in [1.54, 1.807) is 37.6 Å². The van der Waals surface area contributed by atoms with Crippen molar-refractivity contribution in [3.8, 4) is 0 Å². The first-order valence-electron chi connectivity index (χ1n) is 23.3. The number of nitrogens with one attached hydrogen (secondary N) is 1. The van der Waals surface area contributed by atoms with Crippen molar-refractivity contribution in [1.29, 1.82) is 0 Å². The molecular formula is C46H75N7O12S. The lowest BCUT2D eigenvalue weighted by atomic mass is 9.74. The molecule has 13 atom stereocenters. The van der Waals surface area contributed by atoms with Crippen LogP contribution in [0, 0.1) is 23.7 Å². The number of ketones is 1. The lowest BCUT2D eigenvalue weighted by molar-refractivity contribution is -0.295. The van der Waals surface area contributed by atoms with Crippen LogP contribution in [0.4, 0.5) is 0 Å². The minimum atomic E-state index is -3.77. The topological polar surface area (TPSA) is 259 Å². The smallest absolute Gasteiger partial charge is 0.316 e. The SMILES string of the molecule is CC[C@H]1OC(=O)[C@H](C)C(=O)[C@H](C)[C@@H](O[C@@H]2O[C@H](C)C[C@H](N(C)CCc3cn(CCc4ccc(S(N)(=O)=O)cc4)nn3)[C@H]2O)[C@](C)(OC)C[C@@H](C)C(=NOC2CCNCC2)[C@H](C)[C@@H](O)[C@]1(C)O. The van der Waals surface area contributed by atoms with Crippen molar-refractivity contribution in [2.75, 3.05) is 33.8 Å². The van der Waals surface area contributed by atoms with Gasteiger partial charge in [-0.05, 0) is 104 Å². The Morgan fingerprint density at radius 1 is 1.05 bits per heavy atom. The number of primary sulfonamides is 1. The van der Waals surface area contributed by atoms with Gasteiger partial charge < -0.3 is 49.3 Å². The molecule has 0 saturated carbocycles. The summed E-state index contributed by atoms with van der Waals surface area (Å²) >= 11 is 0. The number of ether oxygens (including phenoxy) is 4. The summed E-state index contributed by atoms with van der Waals surface area (Å²) in [5.74, 6) is -4.86. The average Bonchev–Trinajstić information content (AvgIpc) is 3.75. The number of aromatic nitrogens is 3.